The van der Waals surface area contributed by atoms with Crippen molar-refractivity contribution in [2.75, 3.05) is 26.8 Å². The van der Waals surface area contributed by atoms with Crippen LogP contribution in [-0.4, -0.2) is 32.8 Å². The highest BCUT2D eigenvalue weighted by Gasteiger charge is 2.02. The van der Waals surface area contributed by atoms with E-state index in [4.69, 9.17) is 4.74 Å². The van der Waals surface area contributed by atoms with Crippen LogP contribution in [0.2, 0.25) is 0 Å². The SMILES string of the molecule is CN=C(NCCOCCC(C)C)NCc1ccccc1F. The van der Waals surface area contributed by atoms with Crippen LogP contribution in [0.5, 0.6) is 0 Å². The molecule has 2 N–H and O–H groups in total. The first kappa shape index (κ1) is 17.4. The largest absolute Gasteiger partial charge is 0.380 e. The van der Waals surface area contributed by atoms with Gasteiger partial charge in [-0.25, -0.2) is 4.39 Å². The van der Waals surface area contributed by atoms with Gasteiger partial charge in [0.2, 0.25) is 0 Å². The van der Waals surface area contributed by atoms with Gasteiger partial charge in [0.1, 0.15) is 5.82 Å². The van der Waals surface area contributed by atoms with E-state index in [1.54, 1.807) is 19.2 Å². The Morgan fingerprint density at radius 1 is 1.24 bits per heavy atom. The Labute approximate surface area is 126 Å². The number of guanidine groups is 1. The van der Waals surface area contributed by atoms with Crippen molar-refractivity contribution in [1.82, 2.24) is 10.6 Å². The van der Waals surface area contributed by atoms with E-state index >= 15 is 0 Å². The first-order chi connectivity index (χ1) is 10.1. The smallest absolute Gasteiger partial charge is 0.191 e. The summed E-state index contributed by atoms with van der Waals surface area (Å²) < 4.78 is 19.0. The summed E-state index contributed by atoms with van der Waals surface area (Å²) >= 11 is 0. The zero-order chi connectivity index (χ0) is 15.5. The van der Waals surface area contributed by atoms with Gasteiger partial charge >= 0.3 is 0 Å². The van der Waals surface area contributed by atoms with Crippen molar-refractivity contribution in [3.05, 3.63) is 35.6 Å². The van der Waals surface area contributed by atoms with Crippen LogP contribution in [0.4, 0.5) is 4.39 Å². The molecule has 0 heterocycles. The maximum Gasteiger partial charge on any atom is 0.191 e. The predicted molar refractivity (Wildman–Crippen MR) is 84.9 cm³/mol. The normalized spacial score (nSPS) is 11.8. The molecule has 0 saturated carbocycles. The van der Waals surface area contributed by atoms with Gasteiger partial charge < -0.3 is 15.4 Å². The molecule has 0 unspecified atom stereocenters. The molecular formula is C16H26FN3O. The van der Waals surface area contributed by atoms with E-state index in [0.717, 1.165) is 13.0 Å². The lowest BCUT2D eigenvalue weighted by atomic mass is 10.1. The highest BCUT2D eigenvalue weighted by molar-refractivity contribution is 5.79. The monoisotopic (exact) mass is 295 g/mol. The molecule has 0 saturated heterocycles. The summed E-state index contributed by atoms with van der Waals surface area (Å²) in [5.74, 6) is 1.09. The summed E-state index contributed by atoms with van der Waals surface area (Å²) in [6, 6.07) is 6.71. The van der Waals surface area contributed by atoms with Crippen LogP contribution in [0.15, 0.2) is 29.3 Å². The fourth-order valence-electron chi connectivity index (χ4n) is 1.70. The molecule has 0 atom stereocenters. The van der Waals surface area contributed by atoms with Gasteiger partial charge in [-0.05, 0) is 18.4 Å². The number of aliphatic imine (C=N–C) groups is 1. The third-order valence-electron chi connectivity index (χ3n) is 3.01. The molecular weight excluding hydrogens is 269 g/mol. The van der Waals surface area contributed by atoms with Crippen molar-refractivity contribution in [2.45, 2.75) is 26.8 Å². The number of halogens is 1. The van der Waals surface area contributed by atoms with Crippen LogP contribution in [0.1, 0.15) is 25.8 Å². The van der Waals surface area contributed by atoms with Gasteiger partial charge in [-0.2, -0.15) is 0 Å². The van der Waals surface area contributed by atoms with Gasteiger partial charge in [0.25, 0.3) is 0 Å². The Bertz CT molecular complexity index is 435. The minimum Gasteiger partial charge on any atom is -0.380 e. The van der Waals surface area contributed by atoms with Crippen molar-refractivity contribution in [3.8, 4) is 0 Å². The van der Waals surface area contributed by atoms with Gasteiger partial charge in [0.05, 0.1) is 6.61 Å². The van der Waals surface area contributed by atoms with Crippen molar-refractivity contribution in [3.63, 3.8) is 0 Å². The summed E-state index contributed by atoms with van der Waals surface area (Å²) in [6.45, 7) is 6.84. The second-order valence-corrected chi connectivity index (χ2v) is 5.24. The molecule has 1 aromatic rings. The number of ether oxygens (including phenoxy) is 1. The minimum absolute atomic E-state index is 0.211. The minimum atomic E-state index is -0.211. The van der Waals surface area contributed by atoms with Gasteiger partial charge in [0, 0.05) is 32.3 Å². The Hall–Kier alpha value is -1.62. The fourth-order valence-corrected chi connectivity index (χ4v) is 1.70. The Morgan fingerprint density at radius 2 is 2.00 bits per heavy atom. The molecule has 118 valence electrons. The van der Waals surface area contributed by atoms with Crippen molar-refractivity contribution >= 4 is 5.96 Å². The Balaban J connectivity index is 2.19. The van der Waals surface area contributed by atoms with Crippen LogP contribution in [-0.2, 0) is 11.3 Å². The van der Waals surface area contributed by atoms with Gasteiger partial charge in [-0.15, -0.1) is 0 Å². The van der Waals surface area contributed by atoms with Crippen molar-refractivity contribution < 1.29 is 9.13 Å². The van der Waals surface area contributed by atoms with Crippen LogP contribution < -0.4 is 10.6 Å². The molecule has 0 aliphatic heterocycles. The first-order valence-electron chi connectivity index (χ1n) is 7.39. The molecule has 0 aliphatic carbocycles. The molecule has 1 aromatic carbocycles. The van der Waals surface area contributed by atoms with E-state index in [1.807, 2.05) is 6.07 Å². The average Bonchev–Trinajstić information content (AvgIpc) is 2.47. The lowest BCUT2D eigenvalue weighted by molar-refractivity contribution is 0.128. The molecule has 4 nitrogen and oxygen atoms in total. The number of benzene rings is 1. The van der Waals surface area contributed by atoms with E-state index in [9.17, 15) is 4.39 Å². The summed E-state index contributed by atoms with van der Waals surface area (Å²) in [4.78, 5) is 4.10. The maximum atomic E-state index is 13.5. The van der Waals surface area contributed by atoms with Gasteiger partial charge in [-0.1, -0.05) is 32.0 Å². The number of rotatable bonds is 8. The molecule has 5 heteroatoms. The summed E-state index contributed by atoms with van der Waals surface area (Å²) in [6.07, 6.45) is 1.07. The van der Waals surface area contributed by atoms with E-state index in [0.29, 0.717) is 37.1 Å². The van der Waals surface area contributed by atoms with Gasteiger partial charge in [-0.3, -0.25) is 4.99 Å². The molecule has 0 radical (unpaired) electrons. The molecule has 0 amide bonds. The number of hydrogen-bond donors (Lipinski definition) is 2. The second-order valence-electron chi connectivity index (χ2n) is 5.24. The summed E-state index contributed by atoms with van der Waals surface area (Å²) in [5.41, 5.74) is 0.619. The lowest BCUT2D eigenvalue weighted by Crippen LogP contribution is -2.38. The topological polar surface area (TPSA) is 45.7 Å². The highest BCUT2D eigenvalue weighted by atomic mass is 19.1. The zero-order valence-corrected chi connectivity index (χ0v) is 13.2. The third kappa shape index (κ3) is 7.66. The van der Waals surface area contributed by atoms with Gasteiger partial charge in [0.15, 0.2) is 5.96 Å². The molecule has 0 bridgehead atoms. The predicted octanol–water partition coefficient (Wildman–Crippen LogP) is 2.55. The van der Waals surface area contributed by atoms with E-state index in [2.05, 4.69) is 29.5 Å². The molecule has 21 heavy (non-hydrogen) atoms. The van der Waals surface area contributed by atoms with E-state index in [1.165, 1.54) is 6.07 Å². The van der Waals surface area contributed by atoms with Crippen LogP contribution >= 0.6 is 0 Å². The van der Waals surface area contributed by atoms with Crippen molar-refractivity contribution in [1.29, 1.82) is 0 Å². The number of hydrogen-bond acceptors (Lipinski definition) is 2. The lowest BCUT2D eigenvalue weighted by Gasteiger charge is -2.12. The average molecular weight is 295 g/mol. The zero-order valence-electron chi connectivity index (χ0n) is 13.2. The summed E-state index contributed by atoms with van der Waals surface area (Å²) in [5, 5.41) is 6.22. The van der Waals surface area contributed by atoms with Crippen molar-refractivity contribution in [2.24, 2.45) is 10.9 Å². The fraction of sp³-hybridized carbons (Fsp3) is 0.562. The molecule has 0 fully saturated rings. The van der Waals surface area contributed by atoms with Crippen LogP contribution in [0, 0.1) is 11.7 Å². The highest BCUT2D eigenvalue weighted by Crippen LogP contribution is 2.05. The third-order valence-corrected chi connectivity index (χ3v) is 3.01. The maximum absolute atomic E-state index is 13.5. The Kier molecular flexibility index (Phi) is 8.43. The molecule has 0 aliphatic rings. The van der Waals surface area contributed by atoms with Crippen LogP contribution in [0.3, 0.4) is 0 Å². The summed E-state index contributed by atoms with van der Waals surface area (Å²) in [7, 11) is 1.69. The quantitative estimate of drug-likeness (QED) is 0.440. The van der Waals surface area contributed by atoms with Crippen LogP contribution in [0.25, 0.3) is 0 Å². The number of nitrogens with zero attached hydrogens (tertiary/aromatic N) is 1. The standard InChI is InChI=1S/C16H26FN3O/c1-13(2)8-10-21-11-9-19-16(18-3)20-12-14-6-4-5-7-15(14)17/h4-7,13H,8-12H2,1-3H3,(H2,18,19,20). The van der Waals surface area contributed by atoms with E-state index in [-0.39, 0.29) is 5.82 Å². The molecule has 0 spiro atoms. The number of nitrogens with one attached hydrogen (secondary N) is 2. The molecule has 0 aromatic heterocycles. The Morgan fingerprint density at radius 3 is 2.67 bits per heavy atom. The second kappa shape index (κ2) is 10.2. The first-order valence-corrected chi connectivity index (χ1v) is 7.39. The van der Waals surface area contributed by atoms with E-state index < -0.39 is 0 Å². The molecule has 1 rings (SSSR count).